The zero-order valence-electron chi connectivity index (χ0n) is 14.3. The van der Waals surface area contributed by atoms with E-state index in [1.807, 2.05) is 26.8 Å². The molecule has 25 heavy (non-hydrogen) atoms. The fourth-order valence-electron chi connectivity index (χ4n) is 2.50. The Balaban J connectivity index is 1.66. The molecule has 134 valence electrons. The predicted molar refractivity (Wildman–Crippen MR) is 97.6 cm³/mol. The summed E-state index contributed by atoms with van der Waals surface area (Å²) in [6.07, 6.45) is 2.22. The molecule has 0 unspecified atom stereocenters. The summed E-state index contributed by atoms with van der Waals surface area (Å²) in [6.45, 7) is 6.41. The number of fused-ring (bicyclic) bond motifs is 1. The third-order valence-electron chi connectivity index (χ3n) is 3.68. The number of anilines is 1. The van der Waals surface area contributed by atoms with Crippen LogP contribution in [0, 0.1) is 13.8 Å². The van der Waals surface area contributed by atoms with E-state index in [0.29, 0.717) is 17.2 Å². The van der Waals surface area contributed by atoms with Crippen molar-refractivity contribution in [3.05, 3.63) is 33.9 Å². The Hall–Kier alpha value is -2.04. The summed E-state index contributed by atoms with van der Waals surface area (Å²) in [5.41, 5.74) is 0.896. The van der Waals surface area contributed by atoms with Crippen molar-refractivity contribution in [1.82, 2.24) is 24.3 Å². The van der Waals surface area contributed by atoms with Crippen LogP contribution in [-0.4, -0.2) is 41.1 Å². The van der Waals surface area contributed by atoms with E-state index in [2.05, 4.69) is 25.1 Å². The number of hydrogen-bond acceptors (Lipinski definition) is 7. The van der Waals surface area contributed by atoms with Crippen LogP contribution in [0.5, 0.6) is 0 Å². The van der Waals surface area contributed by atoms with Gasteiger partial charge in [0.1, 0.15) is 12.1 Å². The SMILES string of the molecule is CCc1cc(NCCNS(=O)(=O)c2cc(C)sc2C)n2ncnc2n1. The van der Waals surface area contributed by atoms with Crippen molar-refractivity contribution >= 4 is 33.0 Å². The predicted octanol–water partition coefficient (Wildman–Crippen LogP) is 1.76. The van der Waals surface area contributed by atoms with Crippen LogP contribution in [0.4, 0.5) is 5.82 Å². The molecule has 0 aliphatic heterocycles. The lowest BCUT2D eigenvalue weighted by molar-refractivity contribution is 0.582. The summed E-state index contributed by atoms with van der Waals surface area (Å²) in [6, 6.07) is 3.59. The van der Waals surface area contributed by atoms with E-state index < -0.39 is 10.0 Å². The highest BCUT2D eigenvalue weighted by Crippen LogP contribution is 2.24. The topological polar surface area (TPSA) is 101 Å². The summed E-state index contributed by atoms with van der Waals surface area (Å²) in [5.74, 6) is 1.26. The van der Waals surface area contributed by atoms with Crippen molar-refractivity contribution in [1.29, 1.82) is 0 Å². The number of sulfonamides is 1. The first-order valence-corrected chi connectivity index (χ1v) is 10.2. The van der Waals surface area contributed by atoms with E-state index in [4.69, 9.17) is 0 Å². The summed E-state index contributed by atoms with van der Waals surface area (Å²) in [7, 11) is -3.50. The highest BCUT2D eigenvalue weighted by molar-refractivity contribution is 7.89. The van der Waals surface area contributed by atoms with E-state index in [9.17, 15) is 8.42 Å². The molecule has 0 amide bonds. The van der Waals surface area contributed by atoms with Gasteiger partial charge in [0, 0.05) is 34.6 Å². The average molecular weight is 380 g/mol. The minimum Gasteiger partial charge on any atom is -0.369 e. The van der Waals surface area contributed by atoms with Gasteiger partial charge in [-0.15, -0.1) is 11.3 Å². The molecule has 8 nitrogen and oxygen atoms in total. The van der Waals surface area contributed by atoms with Gasteiger partial charge in [-0.1, -0.05) is 6.92 Å². The Morgan fingerprint density at radius 3 is 2.72 bits per heavy atom. The molecular formula is C15H20N6O2S2. The van der Waals surface area contributed by atoms with E-state index in [1.54, 1.807) is 10.6 Å². The quantitative estimate of drug-likeness (QED) is 0.606. The fraction of sp³-hybridized carbons (Fsp3) is 0.400. The van der Waals surface area contributed by atoms with Crippen LogP contribution >= 0.6 is 11.3 Å². The van der Waals surface area contributed by atoms with Gasteiger partial charge in [-0.3, -0.25) is 0 Å². The molecule has 10 heteroatoms. The standard InChI is InChI=1S/C15H20N6O2S2/c1-4-12-8-14(21-15(20-12)17-9-18-21)16-5-6-19-25(22,23)13-7-10(2)24-11(13)3/h7-9,16,19H,4-6H2,1-3H3. The molecule has 0 radical (unpaired) electrons. The maximum Gasteiger partial charge on any atom is 0.254 e. The van der Waals surface area contributed by atoms with Crippen molar-refractivity contribution in [3.63, 3.8) is 0 Å². The zero-order chi connectivity index (χ0) is 18.0. The molecule has 2 N–H and O–H groups in total. The van der Waals surface area contributed by atoms with Crippen LogP contribution in [0.25, 0.3) is 5.78 Å². The second-order valence-corrected chi connectivity index (χ2v) is 8.76. The number of nitrogens with zero attached hydrogens (tertiary/aromatic N) is 4. The molecule has 0 bridgehead atoms. The lowest BCUT2D eigenvalue weighted by Gasteiger charge is -2.10. The summed E-state index contributed by atoms with van der Waals surface area (Å²) in [5, 5.41) is 7.32. The van der Waals surface area contributed by atoms with Crippen molar-refractivity contribution in [3.8, 4) is 0 Å². The summed E-state index contributed by atoms with van der Waals surface area (Å²) >= 11 is 1.48. The van der Waals surface area contributed by atoms with Gasteiger partial charge in [-0.2, -0.15) is 14.6 Å². The zero-order valence-corrected chi connectivity index (χ0v) is 15.9. The van der Waals surface area contributed by atoms with Crippen LogP contribution in [0.15, 0.2) is 23.4 Å². The first kappa shape index (κ1) is 17.8. The van der Waals surface area contributed by atoms with Crippen LogP contribution in [0.1, 0.15) is 22.4 Å². The van der Waals surface area contributed by atoms with Crippen molar-refractivity contribution in [2.45, 2.75) is 32.1 Å². The average Bonchev–Trinajstić information content (AvgIpc) is 3.17. The molecule has 0 aliphatic rings. The van der Waals surface area contributed by atoms with E-state index in [1.165, 1.54) is 17.7 Å². The molecule has 0 atom stereocenters. The lowest BCUT2D eigenvalue weighted by Crippen LogP contribution is -2.29. The van der Waals surface area contributed by atoms with Crippen LogP contribution in [-0.2, 0) is 16.4 Å². The van der Waals surface area contributed by atoms with E-state index in [0.717, 1.165) is 27.7 Å². The van der Waals surface area contributed by atoms with Gasteiger partial charge in [0.2, 0.25) is 10.0 Å². The summed E-state index contributed by atoms with van der Waals surface area (Å²) < 4.78 is 29.0. The highest BCUT2D eigenvalue weighted by atomic mass is 32.2. The lowest BCUT2D eigenvalue weighted by atomic mass is 10.3. The Labute approximate surface area is 150 Å². The third kappa shape index (κ3) is 3.80. The molecule has 0 saturated carbocycles. The van der Waals surface area contributed by atoms with Crippen molar-refractivity contribution in [2.24, 2.45) is 0 Å². The van der Waals surface area contributed by atoms with Gasteiger partial charge < -0.3 is 5.32 Å². The Morgan fingerprint density at radius 1 is 1.24 bits per heavy atom. The second-order valence-electron chi connectivity index (χ2n) is 5.56. The number of aryl methyl sites for hydroxylation is 3. The third-order valence-corrected chi connectivity index (χ3v) is 6.36. The van der Waals surface area contributed by atoms with Crippen LogP contribution < -0.4 is 10.0 Å². The molecule has 3 heterocycles. The maximum absolute atomic E-state index is 12.4. The first-order valence-electron chi connectivity index (χ1n) is 7.91. The first-order chi connectivity index (χ1) is 11.9. The molecule has 0 spiro atoms. The van der Waals surface area contributed by atoms with Gasteiger partial charge >= 0.3 is 0 Å². The van der Waals surface area contributed by atoms with Crippen LogP contribution in [0.2, 0.25) is 0 Å². The fourth-order valence-corrected chi connectivity index (χ4v) is 5.08. The van der Waals surface area contributed by atoms with E-state index in [-0.39, 0.29) is 6.54 Å². The van der Waals surface area contributed by atoms with Crippen molar-refractivity contribution < 1.29 is 8.42 Å². The molecule has 3 aromatic rings. The second kappa shape index (κ2) is 7.06. The largest absolute Gasteiger partial charge is 0.369 e. The highest BCUT2D eigenvalue weighted by Gasteiger charge is 2.18. The number of hydrogen-bond donors (Lipinski definition) is 2. The van der Waals surface area contributed by atoms with Crippen LogP contribution in [0.3, 0.4) is 0 Å². The van der Waals surface area contributed by atoms with Crippen molar-refractivity contribution in [2.75, 3.05) is 18.4 Å². The summed E-state index contributed by atoms with van der Waals surface area (Å²) in [4.78, 5) is 10.6. The van der Waals surface area contributed by atoms with Gasteiger partial charge in [-0.05, 0) is 26.3 Å². The Bertz CT molecular complexity index is 993. The molecule has 3 aromatic heterocycles. The monoisotopic (exact) mass is 380 g/mol. The molecule has 0 aliphatic carbocycles. The molecular weight excluding hydrogens is 360 g/mol. The van der Waals surface area contributed by atoms with E-state index >= 15 is 0 Å². The van der Waals surface area contributed by atoms with Gasteiger partial charge in [0.15, 0.2) is 0 Å². The Morgan fingerprint density at radius 2 is 2.04 bits per heavy atom. The van der Waals surface area contributed by atoms with Gasteiger partial charge in [-0.25, -0.2) is 18.1 Å². The molecule has 0 fully saturated rings. The minimum absolute atomic E-state index is 0.261. The Kier molecular flexibility index (Phi) is 5.02. The minimum atomic E-state index is -3.50. The maximum atomic E-state index is 12.4. The molecule has 0 saturated heterocycles. The molecule has 0 aromatic carbocycles. The normalized spacial score (nSPS) is 12.0. The number of thiophene rings is 1. The number of aromatic nitrogens is 4. The molecule has 3 rings (SSSR count). The van der Waals surface area contributed by atoms with Gasteiger partial charge in [0.25, 0.3) is 5.78 Å². The smallest absolute Gasteiger partial charge is 0.254 e. The van der Waals surface area contributed by atoms with Gasteiger partial charge in [0.05, 0.1) is 4.90 Å². The number of nitrogens with one attached hydrogen (secondary N) is 2. The number of rotatable bonds is 7.